The SMILES string of the molecule is COc1ccc2nc(C(F)F)c3c(c2n1)CC[C@]1(CC2C(=O)N[C@]4(C(=O)NS(=O)(=O)C5(C)CC5)C[C@H]4/C=C\CCCCC[C@H](NC(=O)OC(C)(C)C)C(=O)N2C1)O3. The topological polar surface area (TPSA) is 195 Å². The Hall–Kier alpha value is -4.61. The van der Waals surface area contributed by atoms with E-state index in [0.29, 0.717) is 43.2 Å². The molecule has 0 aromatic carbocycles. The molecule has 3 aliphatic heterocycles. The summed E-state index contributed by atoms with van der Waals surface area (Å²) in [5, 5.41) is 5.53. The molecule has 18 heteroatoms. The Kier molecular flexibility index (Phi) is 10.4. The maximum Gasteiger partial charge on any atom is 0.408 e. The average molecular weight is 817 g/mol. The third kappa shape index (κ3) is 7.97. The maximum atomic E-state index is 14.7. The molecule has 5 aliphatic rings. The highest BCUT2D eigenvalue weighted by molar-refractivity contribution is 7.91. The molecule has 57 heavy (non-hydrogen) atoms. The minimum absolute atomic E-state index is 0.124. The summed E-state index contributed by atoms with van der Waals surface area (Å²) in [5.41, 5.74) is -3.54. The van der Waals surface area contributed by atoms with E-state index in [4.69, 9.17) is 14.2 Å². The number of hydrogen-bond donors (Lipinski definition) is 3. The summed E-state index contributed by atoms with van der Waals surface area (Å²) in [6, 6.07) is 0.621. The van der Waals surface area contributed by atoms with Crippen molar-refractivity contribution in [2.24, 2.45) is 5.92 Å². The predicted octanol–water partition coefficient (Wildman–Crippen LogP) is 4.53. The molecule has 15 nitrogen and oxygen atoms in total. The van der Waals surface area contributed by atoms with Gasteiger partial charge < -0.3 is 29.7 Å². The summed E-state index contributed by atoms with van der Waals surface area (Å²) >= 11 is 0. The van der Waals surface area contributed by atoms with E-state index in [1.165, 1.54) is 24.1 Å². The van der Waals surface area contributed by atoms with Crippen molar-refractivity contribution in [3.05, 3.63) is 35.5 Å². The van der Waals surface area contributed by atoms with Gasteiger partial charge in [0.1, 0.15) is 34.5 Å². The Bertz CT molecular complexity index is 2120. The van der Waals surface area contributed by atoms with Crippen LogP contribution in [-0.2, 0) is 35.6 Å². The second kappa shape index (κ2) is 14.6. The zero-order chi connectivity index (χ0) is 41.1. The van der Waals surface area contributed by atoms with Crippen LogP contribution in [0.3, 0.4) is 0 Å². The number of pyridine rings is 2. The van der Waals surface area contributed by atoms with Gasteiger partial charge in [-0.15, -0.1) is 0 Å². The predicted molar refractivity (Wildman–Crippen MR) is 202 cm³/mol. The number of aryl methyl sites for hydroxylation is 1. The van der Waals surface area contributed by atoms with Crippen LogP contribution in [0.2, 0.25) is 0 Å². The van der Waals surface area contributed by atoms with Gasteiger partial charge in [-0.1, -0.05) is 25.0 Å². The van der Waals surface area contributed by atoms with Gasteiger partial charge in [-0.2, -0.15) is 0 Å². The Labute approximate surface area is 330 Å². The van der Waals surface area contributed by atoms with Gasteiger partial charge in [0, 0.05) is 24.0 Å². The van der Waals surface area contributed by atoms with Crippen molar-refractivity contribution in [1.82, 2.24) is 30.2 Å². The zero-order valence-corrected chi connectivity index (χ0v) is 33.6. The van der Waals surface area contributed by atoms with E-state index in [1.54, 1.807) is 27.7 Å². The van der Waals surface area contributed by atoms with Crippen LogP contribution in [0.25, 0.3) is 11.0 Å². The van der Waals surface area contributed by atoms with Crippen LogP contribution < -0.4 is 24.8 Å². The fourth-order valence-corrected chi connectivity index (χ4v) is 9.42. The van der Waals surface area contributed by atoms with Crippen LogP contribution in [0, 0.1) is 5.92 Å². The number of methoxy groups -OCH3 is 1. The van der Waals surface area contributed by atoms with Crippen LogP contribution in [0.15, 0.2) is 24.3 Å². The zero-order valence-electron chi connectivity index (χ0n) is 32.8. The third-order valence-corrected chi connectivity index (χ3v) is 13.9. The van der Waals surface area contributed by atoms with Crippen molar-refractivity contribution in [2.75, 3.05) is 13.7 Å². The Morgan fingerprint density at radius 3 is 2.53 bits per heavy atom. The van der Waals surface area contributed by atoms with Gasteiger partial charge in [-0.05, 0) is 85.1 Å². The van der Waals surface area contributed by atoms with E-state index < -0.39 is 85.4 Å². The second-order valence-corrected chi connectivity index (χ2v) is 19.4. The van der Waals surface area contributed by atoms with Crippen LogP contribution in [0.4, 0.5) is 13.6 Å². The smallest absolute Gasteiger partial charge is 0.408 e. The quantitative estimate of drug-likeness (QED) is 0.347. The molecule has 7 rings (SSSR count). The van der Waals surface area contributed by atoms with Gasteiger partial charge in [0.15, 0.2) is 5.75 Å². The first kappa shape index (κ1) is 40.6. The van der Waals surface area contributed by atoms with Crippen molar-refractivity contribution in [3.63, 3.8) is 0 Å². The maximum absolute atomic E-state index is 14.7. The van der Waals surface area contributed by atoms with Gasteiger partial charge in [0.2, 0.25) is 27.7 Å². The Morgan fingerprint density at radius 2 is 1.84 bits per heavy atom. The van der Waals surface area contributed by atoms with E-state index in [2.05, 4.69) is 25.3 Å². The van der Waals surface area contributed by atoms with E-state index in [-0.39, 0.29) is 55.8 Å². The van der Waals surface area contributed by atoms with Crippen molar-refractivity contribution in [2.45, 2.75) is 138 Å². The Morgan fingerprint density at radius 1 is 1.09 bits per heavy atom. The monoisotopic (exact) mass is 816 g/mol. The number of allylic oxidation sites excluding steroid dienone is 1. The fourth-order valence-electron chi connectivity index (χ4n) is 8.11. The van der Waals surface area contributed by atoms with E-state index in [0.717, 1.165) is 6.42 Å². The van der Waals surface area contributed by atoms with E-state index in [1.807, 2.05) is 12.2 Å². The van der Waals surface area contributed by atoms with Gasteiger partial charge in [-0.3, -0.25) is 19.1 Å². The largest absolute Gasteiger partial charge is 0.483 e. The number of carbonyl (C=O) groups is 4. The molecule has 5 heterocycles. The minimum Gasteiger partial charge on any atom is -0.483 e. The molecule has 2 aromatic heterocycles. The number of amides is 4. The van der Waals surface area contributed by atoms with Crippen molar-refractivity contribution in [1.29, 1.82) is 0 Å². The number of halogens is 2. The minimum atomic E-state index is -4.06. The van der Waals surface area contributed by atoms with Gasteiger partial charge >= 0.3 is 6.09 Å². The molecule has 1 spiro atoms. The summed E-state index contributed by atoms with van der Waals surface area (Å²) < 4.78 is 74.2. The summed E-state index contributed by atoms with van der Waals surface area (Å²) in [6.07, 6.45) is 3.77. The van der Waals surface area contributed by atoms with Crippen LogP contribution in [0.5, 0.6) is 11.6 Å². The third-order valence-electron chi connectivity index (χ3n) is 11.7. The standard InChI is InChI=1S/C39H50F2N6O9S/c1-36(2,3)56-35(51)43-25-12-10-8-6-7-9-11-22-19-39(22,34(50)46-57(52,53)37(4)17-18-37)45-32(48)26-20-38(21-47(26)33(25)49)16-15-23-28-24(13-14-27(44-28)54-5)42-29(31(40)41)30(23)55-38/h9,11,13-14,22,25-26,31H,6-8,10,12,15-21H2,1-5H3,(H,43,51)(H,45,48)(H,46,50)/b11-9-/t22-,25+,26?,38-,39-/m1/s1. The lowest BCUT2D eigenvalue weighted by Crippen LogP contribution is -2.58. The van der Waals surface area contributed by atoms with E-state index in [9.17, 15) is 36.4 Å². The molecule has 2 aliphatic carbocycles. The summed E-state index contributed by atoms with van der Waals surface area (Å²) in [4.78, 5) is 66.3. The number of rotatable bonds is 6. The van der Waals surface area contributed by atoms with E-state index >= 15 is 0 Å². The summed E-state index contributed by atoms with van der Waals surface area (Å²) in [5.74, 6) is -2.70. The molecule has 3 N–H and O–H groups in total. The lowest BCUT2D eigenvalue weighted by Gasteiger charge is -2.36. The number of carbonyl (C=O) groups excluding carboxylic acids is 4. The molecule has 1 saturated heterocycles. The molecule has 0 bridgehead atoms. The highest BCUT2D eigenvalue weighted by Crippen LogP contribution is 2.49. The molecule has 0 radical (unpaired) electrons. The Balaban J connectivity index is 1.26. The van der Waals surface area contributed by atoms with Crippen molar-refractivity contribution < 1.29 is 50.6 Å². The molecule has 2 saturated carbocycles. The number of alkyl halides is 2. The molecular formula is C39H50F2N6O9S. The van der Waals surface area contributed by atoms with Crippen molar-refractivity contribution >= 4 is 44.9 Å². The van der Waals surface area contributed by atoms with Crippen LogP contribution in [0.1, 0.15) is 110 Å². The first-order valence-corrected chi connectivity index (χ1v) is 21.0. The number of alkyl carbamates (subject to hydrolysis) is 1. The second-order valence-electron chi connectivity index (χ2n) is 17.2. The highest BCUT2D eigenvalue weighted by atomic mass is 32.2. The first-order valence-electron chi connectivity index (χ1n) is 19.5. The summed E-state index contributed by atoms with van der Waals surface area (Å²) in [7, 11) is -2.63. The van der Waals surface area contributed by atoms with Crippen molar-refractivity contribution in [3.8, 4) is 11.6 Å². The molecule has 3 fully saturated rings. The van der Waals surface area contributed by atoms with Crippen LogP contribution in [-0.4, -0.2) is 94.3 Å². The molecule has 5 atom stereocenters. The number of nitrogens with one attached hydrogen (secondary N) is 3. The molecule has 2 aromatic rings. The number of fused-ring (bicyclic) bond motifs is 5. The average Bonchev–Trinajstić information content (AvgIpc) is 4.03. The lowest BCUT2D eigenvalue weighted by molar-refractivity contribution is -0.141. The van der Waals surface area contributed by atoms with Crippen LogP contribution >= 0.6 is 0 Å². The molecule has 310 valence electrons. The number of nitrogens with zero attached hydrogens (tertiary/aromatic N) is 3. The van der Waals surface area contributed by atoms with Gasteiger partial charge in [0.05, 0.1) is 29.4 Å². The summed E-state index contributed by atoms with van der Waals surface area (Å²) in [6.45, 7) is 6.39. The fraction of sp³-hybridized carbons (Fsp3) is 0.641. The number of aromatic nitrogens is 2. The highest BCUT2D eigenvalue weighted by Gasteiger charge is 2.64. The normalized spacial score (nSPS) is 29.1. The molecule has 1 unspecified atom stereocenters. The molecular weight excluding hydrogens is 767 g/mol. The number of ether oxygens (including phenoxy) is 3. The first-order chi connectivity index (χ1) is 26.8. The lowest BCUT2D eigenvalue weighted by atomic mass is 9.88. The number of sulfonamides is 1. The van der Waals surface area contributed by atoms with Gasteiger partial charge in [-0.25, -0.2) is 32.0 Å². The number of hydrogen-bond acceptors (Lipinski definition) is 11. The molecule has 4 amide bonds. The van der Waals surface area contributed by atoms with Gasteiger partial charge in [0.25, 0.3) is 12.3 Å².